The van der Waals surface area contributed by atoms with Crippen molar-refractivity contribution in [3.63, 3.8) is 0 Å². The Bertz CT molecular complexity index is 903. The number of benzene rings is 3. The van der Waals surface area contributed by atoms with Crippen LogP contribution in [0.5, 0.6) is 0 Å². The maximum Gasteiger partial charge on any atom is 0.157 e. The van der Waals surface area contributed by atoms with E-state index in [1.165, 1.54) is 0 Å². The molecule has 0 bridgehead atoms. The minimum absolute atomic E-state index is 0.302. The number of aliphatic hydroxyl groups is 1. The molecular formula is C27H30O5. The topological polar surface area (TPSA) is 57.2 Å². The molecule has 0 amide bonds. The van der Waals surface area contributed by atoms with Crippen LogP contribution in [0.4, 0.5) is 0 Å². The number of hydrogen-bond donors (Lipinski definition) is 1. The van der Waals surface area contributed by atoms with Crippen molar-refractivity contribution < 1.29 is 24.1 Å². The molecule has 1 aliphatic rings. The minimum Gasteiger partial charge on any atom is -0.374 e. The molecule has 4 atom stereocenters. The van der Waals surface area contributed by atoms with Gasteiger partial charge in [-0.3, -0.25) is 0 Å². The summed E-state index contributed by atoms with van der Waals surface area (Å²) < 4.78 is 24.3. The van der Waals surface area contributed by atoms with E-state index in [0.717, 1.165) is 16.7 Å². The molecule has 3 aromatic rings. The zero-order valence-corrected chi connectivity index (χ0v) is 18.1. The van der Waals surface area contributed by atoms with Gasteiger partial charge in [0, 0.05) is 6.42 Å². The van der Waals surface area contributed by atoms with Crippen molar-refractivity contribution >= 4 is 0 Å². The van der Waals surface area contributed by atoms with Gasteiger partial charge in [0.2, 0.25) is 0 Å². The summed E-state index contributed by atoms with van der Waals surface area (Å²) in [5, 5.41) is 10.4. The van der Waals surface area contributed by atoms with E-state index in [2.05, 4.69) is 0 Å². The van der Waals surface area contributed by atoms with E-state index in [4.69, 9.17) is 18.9 Å². The summed E-state index contributed by atoms with van der Waals surface area (Å²) in [5.74, 6) is 0. The lowest BCUT2D eigenvalue weighted by Crippen LogP contribution is -2.52. The molecule has 0 aromatic heterocycles. The van der Waals surface area contributed by atoms with E-state index < -0.39 is 12.4 Å². The molecule has 5 nitrogen and oxygen atoms in total. The lowest BCUT2D eigenvalue weighted by Gasteiger charge is -2.39. The second-order valence-corrected chi connectivity index (χ2v) is 7.96. The first-order valence-electron chi connectivity index (χ1n) is 11.0. The van der Waals surface area contributed by atoms with Crippen molar-refractivity contribution in [1.29, 1.82) is 0 Å². The predicted molar refractivity (Wildman–Crippen MR) is 122 cm³/mol. The van der Waals surface area contributed by atoms with Crippen LogP contribution in [0.25, 0.3) is 0 Å². The van der Waals surface area contributed by atoms with Gasteiger partial charge in [0.1, 0.15) is 12.2 Å². The van der Waals surface area contributed by atoms with Gasteiger partial charge in [-0.15, -0.1) is 0 Å². The number of aliphatic hydroxyl groups excluding tert-OH is 1. The zero-order valence-electron chi connectivity index (χ0n) is 18.1. The Kier molecular flexibility index (Phi) is 8.42. The molecule has 0 aliphatic carbocycles. The molecule has 0 saturated carbocycles. The highest BCUT2D eigenvalue weighted by atomic mass is 16.6. The largest absolute Gasteiger partial charge is 0.374 e. The first-order valence-corrected chi connectivity index (χ1v) is 11.0. The van der Waals surface area contributed by atoms with Crippen molar-refractivity contribution in [2.24, 2.45) is 0 Å². The summed E-state index contributed by atoms with van der Waals surface area (Å²) in [6.45, 7) is 1.65. The fraction of sp³-hybridized carbons (Fsp3) is 0.333. The Hall–Kier alpha value is -2.54. The molecule has 168 valence electrons. The molecule has 4 rings (SSSR count). The van der Waals surface area contributed by atoms with Gasteiger partial charge < -0.3 is 24.1 Å². The molecule has 1 unspecified atom stereocenters. The quantitative estimate of drug-likeness (QED) is 0.510. The number of rotatable bonds is 10. The molecule has 3 aromatic carbocycles. The minimum atomic E-state index is -0.919. The molecule has 1 N–H and O–H groups in total. The van der Waals surface area contributed by atoms with Gasteiger partial charge in [-0.25, -0.2) is 0 Å². The molecule has 0 spiro atoms. The Balaban J connectivity index is 1.42. The van der Waals surface area contributed by atoms with Crippen LogP contribution in [0.1, 0.15) is 23.1 Å². The lowest BCUT2D eigenvalue weighted by molar-refractivity contribution is -0.265. The highest BCUT2D eigenvalue weighted by Gasteiger charge is 2.40. The van der Waals surface area contributed by atoms with Crippen LogP contribution < -0.4 is 0 Å². The van der Waals surface area contributed by atoms with Gasteiger partial charge in [-0.05, 0) is 16.7 Å². The standard InChI is InChI=1S/C27H30O5/c28-26-16-24(30-18-22-12-6-2-7-13-22)27(31-19-23-14-8-3-9-15-23)25(32-26)20-29-17-21-10-4-1-5-11-21/h1-15,24-28H,16-20H2/t24-,25?,26-,27+/m0/s1. The van der Waals surface area contributed by atoms with Crippen molar-refractivity contribution in [3.8, 4) is 0 Å². The van der Waals surface area contributed by atoms with Crippen LogP contribution in [0.3, 0.4) is 0 Å². The molecule has 32 heavy (non-hydrogen) atoms. The summed E-state index contributed by atoms with van der Waals surface area (Å²) in [6, 6.07) is 30.0. The molecule has 1 heterocycles. The van der Waals surface area contributed by atoms with E-state index in [1.807, 2.05) is 91.0 Å². The van der Waals surface area contributed by atoms with E-state index in [-0.39, 0.29) is 12.2 Å². The SMILES string of the molecule is O[C@@H]1C[C@H](OCc2ccccc2)[C@@H](OCc2ccccc2)C(COCc2ccccc2)O1. The van der Waals surface area contributed by atoms with Crippen LogP contribution in [0.2, 0.25) is 0 Å². The van der Waals surface area contributed by atoms with Gasteiger partial charge in [0.25, 0.3) is 0 Å². The Labute approximate surface area is 189 Å². The van der Waals surface area contributed by atoms with E-state index in [1.54, 1.807) is 0 Å². The van der Waals surface area contributed by atoms with Crippen molar-refractivity contribution in [3.05, 3.63) is 108 Å². The predicted octanol–water partition coefficient (Wildman–Crippen LogP) is 4.48. The van der Waals surface area contributed by atoms with E-state index in [0.29, 0.717) is 32.8 Å². The lowest BCUT2D eigenvalue weighted by atomic mass is 10.0. The van der Waals surface area contributed by atoms with Crippen molar-refractivity contribution in [2.75, 3.05) is 6.61 Å². The number of hydrogen-bond acceptors (Lipinski definition) is 5. The summed E-state index contributed by atoms with van der Waals surface area (Å²) in [6.07, 6.45) is -1.68. The average Bonchev–Trinajstić information content (AvgIpc) is 2.84. The average molecular weight is 435 g/mol. The van der Waals surface area contributed by atoms with E-state index in [9.17, 15) is 5.11 Å². The van der Waals surface area contributed by atoms with Crippen molar-refractivity contribution in [1.82, 2.24) is 0 Å². The molecule has 0 radical (unpaired) electrons. The second kappa shape index (κ2) is 11.9. The normalized spacial score (nSPS) is 23.2. The Morgan fingerprint density at radius 1 is 0.688 bits per heavy atom. The summed E-state index contributed by atoms with van der Waals surface area (Å²) in [5.41, 5.74) is 3.24. The van der Waals surface area contributed by atoms with Crippen LogP contribution in [-0.2, 0) is 38.8 Å². The van der Waals surface area contributed by atoms with Gasteiger partial charge in [0.15, 0.2) is 6.29 Å². The third kappa shape index (κ3) is 6.73. The number of ether oxygens (including phenoxy) is 4. The van der Waals surface area contributed by atoms with E-state index >= 15 is 0 Å². The van der Waals surface area contributed by atoms with Gasteiger partial charge in [0.05, 0.1) is 32.5 Å². The fourth-order valence-electron chi connectivity index (χ4n) is 3.83. The second-order valence-electron chi connectivity index (χ2n) is 7.96. The molecule has 1 fully saturated rings. The first kappa shape index (κ1) is 22.6. The van der Waals surface area contributed by atoms with Gasteiger partial charge in [-0.2, -0.15) is 0 Å². The molecule has 1 aliphatic heterocycles. The summed E-state index contributed by atoms with van der Waals surface area (Å²) >= 11 is 0. The maximum absolute atomic E-state index is 10.4. The monoisotopic (exact) mass is 434 g/mol. The fourth-order valence-corrected chi connectivity index (χ4v) is 3.83. The van der Waals surface area contributed by atoms with Crippen LogP contribution in [0, 0.1) is 0 Å². The molecule has 1 saturated heterocycles. The molecule has 5 heteroatoms. The maximum atomic E-state index is 10.4. The van der Waals surface area contributed by atoms with Crippen LogP contribution >= 0.6 is 0 Å². The van der Waals surface area contributed by atoms with Crippen molar-refractivity contribution in [2.45, 2.75) is 50.8 Å². The highest BCUT2D eigenvalue weighted by Crippen LogP contribution is 2.27. The summed E-state index contributed by atoms with van der Waals surface area (Å²) in [4.78, 5) is 0. The highest BCUT2D eigenvalue weighted by molar-refractivity contribution is 5.15. The molecular weight excluding hydrogens is 404 g/mol. The van der Waals surface area contributed by atoms with Gasteiger partial charge in [-0.1, -0.05) is 91.0 Å². The third-order valence-electron chi connectivity index (χ3n) is 5.48. The van der Waals surface area contributed by atoms with Crippen LogP contribution in [0.15, 0.2) is 91.0 Å². The van der Waals surface area contributed by atoms with Gasteiger partial charge >= 0.3 is 0 Å². The zero-order chi connectivity index (χ0) is 22.0. The summed E-state index contributed by atoms with van der Waals surface area (Å²) in [7, 11) is 0. The van der Waals surface area contributed by atoms with Crippen LogP contribution in [-0.4, -0.2) is 36.3 Å². The smallest absolute Gasteiger partial charge is 0.157 e. The first-order chi connectivity index (χ1) is 15.8. The Morgan fingerprint density at radius 3 is 1.75 bits per heavy atom. The Morgan fingerprint density at radius 2 is 1.19 bits per heavy atom. The third-order valence-corrected chi connectivity index (χ3v) is 5.48.